The Kier molecular flexibility index (Phi) is 7.02. The number of ether oxygens (including phenoxy) is 4. The second-order valence-corrected chi connectivity index (χ2v) is 3.10. The molecule has 0 aromatic carbocycles. The quantitative estimate of drug-likeness (QED) is 0.702. The van der Waals surface area contributed by atoms with Crippen molar-refractivity contribution in [3.8, 4) is 0 Å². The molecule has 0 amide bonds. The van der Waals surface area contributed by atoms with Crippen LogP contribution >= 0.6 is 0 Å². The van der Waals surface area contributed by atoms with Crippen LogP contribution in [0.3, 0.4) is 0 Å². The summed E-state index contributed by atoms with van der Waals surface area (Å²) in [4.78, 5) is 21.5. The van der Waals surface area contributed by atoms with Crippen molar-refractivity contribution < 1.29 is 33.6 Å². The summed E-state index contributed by atoms with van der Waals surface area (Å²) < 4.78 is 18.0. The number of aliphatic hydroxyl groups is 1. The van der Waals surface area contributed by atoms with Gasteiger partial charge in [-0.05, 0) is 13.8 Å². The summed E-state index contributed by atoms with van der Waals surface area (Å²) in [5.41, 5.74) is 0. The Morgan fingerprint density at radius 2 is 1.69 bits per heavy atom. The third-order valence-electron chi connectivity index (χ3n) is 1.34. The van der Waals surface area contributed by atoms with Gasteiger partial charge < -0.3 is 24.1 Å². The largest absolute Gasteiger partial charge is 0.508 e. The molecule has 0 fully saturated rings. The van der Waals surface area contributed by atoms with E-state index in [4.69, 9.17) is 9.84 Å². The molecule has 1 N–H and O–H groups in total. The average molecular weight is 236 g/mol. The van der Waals surface area contributed by atoms with Crippen molar-refractivity contribution in [1.82, 2.24) is 0 Å². The van der Waals surface area contributed by atoms with Gasteiger partial charge >= 0.3 is 12.3 Å². The first kappa shape index (κ1) is 14.5. The topological polar surface area (TPSA) is 91.3 Å². The average Bonchev–Trinajstić information content (AvgIpc) is 2.23. The molecule has 0 spiro atoms. The monoisotopic (exact) mass is 236 g/mol. The Labute approximate surface area is 93.2 Å². The first-order chi connectivity index (χ1) is 7.45. The molecule has 0 rings (SSSR count). The lowest BCUT2D eigenvalue weighted by Crippen LogP contribution is -2.24. The van der Waals surface area contributed by atoms with E-state index in [2.05, 4.69) is 14.2 Å². The number of carbonyl (C=O) groups excluding carboxylic acids is 2. The number of carbonyl (C=O) groups is 2. The van der Waals surface area contributed by atoms with Crippen LogP contribution in [0.2, 0.25) is 0 Å². The maximum absolute atomic E-state index is 10.9. The summed E-state index contributed by atoms with van der Waals surface area (Å²) in [7, 11) is 1.17. The van der Waals surface area contributed by atoms with Gasteiger partial charge in [-0.25, -0.2) is 9.59 Å². The molecule has 0 saturated heterocycles. The van der Waals surface area contributed by atoms with Gasteiger partial charge in [-0.1, -0.05) is 0 Å². The van der Waals surface area contributed by atoms with E-state index in [-0.39, 0.29) is 13.2 Å². The zero-order chi connectivity index (χ0) is 12.6. The smallest absolute Gasteiger partial charge is 0.438 e. The fourth-order valence-electron chi connectivity index (χ4n) is 0.665. The molecule has 16 heavy (non-hydrogen) atoms. The highest BCUT2D eigenvalue weighted by Crippen LogP contribution is 1.97. The Morgan fingerprint density at radius 3 is 2.19 bits per heavy atom. The van der Waals surface area contributed by atoms with Crippen LogP contribution in [-0.4, -0.2) is 49.9 Å². The predicted octanol–water partition coefficient (Wildman–Crippen LogP) is 0.692. The van der Waals surface area contributed by atoms with Crippen molar-refractivity contribution in [2.24, 2.45) is 0 Å². The van der Waals surface area contributed by atoms with Crippen LogP contribution in [0.1, 0.15) is 13.8 Å². The van der Waals surface area contributed by atoms with Gasteiger partial charge in [0.2, 0.25) is 0 Å². The molecule has 94 valence electrons. The second kappa shape index (κ2) is 7.75. The molecule has 0 bridgehead atoms. The Hall–Kier alpha value is -1.50. The van der Waals surface area contributed by atoms with Gasteiger partial charge in [-0.2, -0.15) is 0 Å². The molecule has 7 nitrogen and oxygen atoms in total. The van der Waals surface area contributed by atoms with E-state index in [0.29, 0.717) is 0 Å². The van der Waals surface area contributed by atoms with E-state index in [1.807, 2.05) is 0 Å². The highest BCUT2D eigenvalue weighted by molar-refractivity contribution is 5.60. The van der Waals surface area contributed by atoms with Crippen molar-refractivity contribution in [2.75, 3.05) is 20.3 Å². The van der Waals surface area contributed by atoms with Crippen LogP contribution in [0.15, 0.2) is 0 Å². The molecule has 0 radical (unpaired) electrons. The molecular weight excluding hydrogens is 220 g/mol. The maximum Gasteiger partial charge on any atom is 0.508 e. The molecule has 0 aromatic rings. The molecule has 0 saturated carbocycles. The van der Waals surface area contributed by atoms with Crippen LogP contribution in [-0.2, 0) is 18.9 Å². The SMILES string of the molecule is COC(=O)OCC(C)OC(=O)OCC(C)O. The summed E-state index contributed by atoms with van der Waals surface area (Å²) in [6.07, 6.45) is -3.19. The van der Waals surface area contributed by atoms with Gasteiger partial charge in [0.25, 0.3) is 0 Å². The minimum Gasteiger partial charge on any atom is -0.438 e. The number of methoxy groups -OCH3 is 1. The number of aliphatic hydroxyl groups excluding tert-OH is 1. The van der Waals surface area contributed by atoms with E-state index in [0.717, 1.165) is 0 Å². The van der Waals surface area contributed by atoms with Gasteiger partial charge in [0.1, 0.15) is 19.3 Å². The number of rotatable bonds is 5. The lowest BCUT2D eigenvalue weighted by atomic mass is 10.4. The summed E-state index contributed by atoms with van der Waals surface area (Å²) in [6, 6.07) is 0. The van der Waals surface area contributed by atoms with Crippen molar-refractivity contribution >= 4 is 12.3 Å². The Balaban J connectivity index is 3.65. The van der Waals surface area contributed by atoms with E-state index in [9.17, 15) is 9.59 Å². The van der Waals surface area contributed by atoms with Crippen LogP contribution < -0.4 is 0 Å². The third kappa shape index (κ3) is 7.86. The summed E-state index contributed by atoms with van der Waals surface area (Å²) in [6.45, 7) is 2.71. The van der Waals surface area contributed by atoms with E-state index in [1.165, 1.54) is 21.0 Å². The molecule has 0 aliphatic rings. The Bertz CT molecular complexity index is 226. The second-order valence-electron chi connectivity index (χ2n) is 3.10. The standard InChI is InChI=1S/C9H16O7/c1-6(10)4-14-9(12)16-7(2)5-15-8(11)13-3/h6-7,10H,4-5H2,1-3H3. The summed E-state index contributed by atoms with van der Waals surface area (Å²) in [5.74, 6) is 0. The van der Waals surface area contributed by atoms with Crippen molar-refractivity contribution in [2.45, 2.75) is 26.1 Å². The van der Waals surface area contributed by atoms with Crippen LogP contribution in [0, 0.1) is 0 Å². The molecule has 7 heteroatoms. The zero-order valence-electron chi connectivity index (χ0n) is 9.47. The van der Waals surface area contributed by atoms with E-state index >= 15 is 0 Å². The van der Waals surface area contributed by atoms with Crippen molar-refractivity contribution in [3.05, 3.63) is 0 Å². The lowest BCUT2D eigenvalue weighted by Gasteiger charge is -2.13. The van der Waals surface area contributed by atoms with Crippen molar-refractivity contribution in [3.63, 3.8) is 0 Å². The van der Waals surface area contributed by atoms with Crippen molar-refractivity contribution in [1.29, 1.82) is 0 Å². The van der Waals surface area contributed by atoms with Crippen LogP contribution in [0.25, 0.3) is 0 Å². The highest BCUT2D eigenvalue weighted by Gasteiger charge is 2.13. The zero-order valence-corrected chi connectivity index (χ0v) is 9.47. The molecule has 0 aliphatic carbocycles. The summed E-state index contributed by atoms with van der Waals surface area (Å²) >= 11 is 0. The molecular formula is C9H16O7. The number of hydrogen-bond donors (Lipinski definition) is 1. The summed E-state index contributed by atoms with van der Waals surface area (Å²) in [5, 5.41) is 8.82. The lowest BCUT2D eigenvalue weighted by molar-refractivity contribution is -0.0182. The van der Waals surface area contributed by atoms with E-state index in [1.54, 1.807) is 0 Å². The molecule has 0 aliphatic heterocycles. The van der Waals surface area contributed by atoms with Gasteiger partial charge in [-0.15, -0.1) is 0 Å². The third-order valence-corrected chi connectivity index (χ3v) is 1.34. The minimum atomic E-state index is -0.929. The van der Waals surface area contributed by atoms with Crippen LogP contribution in [0.5, 0.6) is 0 Å². The first-order valence-corrected chi connectivity index (χ1v) is 4.68. The maximum atomic E-state index is 10.9. The minimum absolute atomic E-state index is 0.129. The van der Waals surface area contributed by atoms with Gasteiger partial charge in [0.15, 0.2) is 0 Å². The highest BCUT2D eigenvalue weighted by atomic mass is 16.7. The molecule has 0 aromatic heterocycles. The predicted molar refractivity (Wildman–Crippen MR) is 51.9 cm³/mol. The molecule has 2 atom stereocenters. The molecule has 0 heterocycles. The fraction of sp³-hybridized carbons (Fsp3) is 0.778. The number of hydrogen-bond acceptors (Lipinski definition) is 7. The Morgan fingerprint density at radius 1 is 1.12 bits per heavy atom. The fourth-order valence-corrected chi connectivity index (χ4v) is 0.665. The van der Waals surface area contributed by atoms with Crippen LogP contribution in [0.4, 0.5) is 9.59 Å². The van der Waals surface area contributed by atoms with Gasteiger partial charge in [0.05, 0.1) is 13.2 Å². The normalized spacial score (nSPS) is 13.5. The van der Waals surface area contributed by atoms with E-state index < -0.39 is 24.5 Å². The van der Waals surface area contributed by atoms with Gasteiger partial charge in [-0.3, -0.25) is 0 Å². The first-order valence-electron chi connectivity index (χ1n) is 4.68. The van der Waals surface area contributed by atoms with Gasteiger partial charge in [0, 0.05) is 0 Å². The molecule has 2 unspecified atom stereocenters.